The number of halogens is 1. The minimum atomic E-state index is -0.114. The molecule has 5 nitrogen and oxygen atoms in total. The molecule has 1 aromatic heterocycles. The fourth-order valence-electron chi connectivity index (χ4n) is 3.75. The molecule has 0 aliphatic carbocycles. The number of benzene rings is 2. The Balaban J connectivity index is 1.43. The third kappa shape index (κ3) is 3.38. The van der Waals surface area contributed by atoms with E-state index < -0.39 is 0 Å². The minimum Gasteiger partial charge on any atom is -0.497 e. The number of carbonyl (C=O) groups excluding carboxylic acids is 2. The topological polar surface area (TPSA) is 62.4 Å². The number of ether oxygens (including phenoxy) is 1. The molecule has 3 aromatic rings. The molecule has 0 saturated carbocycles. The summed E-state index contributed by atoms with van der Waals surface area (Å²) in [6.07, 6.45) is 1.29. The first-order valence-corrected chi connectivity index (χ1v) is 9.70. The minimum absolute atomic E-state index is 0.0735. The summed E-state index contributed by atoms with van der Waals surface area (Å²) < 4.78 is 5.14. The van der Waals surface area contributed by atoms with Gasteiger partial charge >= 0.3 is 0 Å². The number of amides is 1. The smallest absolute Gasteiger partial charge is 0.271 e. The fourth-order valence-corrected chi connectivity index (χ4v) is 4.04. The van der Waals surface area contributed by atoms with Crippen LogP contribution in [0.3, 0.4) is 0 Å². The second-order valence-electron chi connectivity index (χ2n) is 7.02. The molecule has 0 atom stereocenters. The zero-order valence-corrected chi connectivity index (χ0v) is 16.3. The molecule has 1 fully saturated rings. The van der Waals surface area contributed by atoms with Crippen molar-refractivity contribution in [2.24, 2.45) is 5.92 Å². The highest BCUT2D eigenvalue weighted by molar-refractivity contribution is 6.38. The Kier molecular flexibility index (Phi) is 5.09. The predicted octanol–water partition coefficient (Wildman–Crippen LogP) is 4.57. The number of methoxy groups -OCH3 is 1. The van der Waals surface area contributed by atoms with Gasteiger partial charge in [0.15, 0.2) is 5.78 Å². The SMILES string of the molecule is COc1ccc(C(=O)C2CCN(C(=O)c3[nH]c4ccccc4c3Cl)CC2)cc1. The molecular weight excluding hydrogens is 376 g/mol. The van der Waals surface area contributed by atoms with E-state index in [0.29, 0.717) is 42.2 Å². The number of ketones is 1. The molecule has 0 radical (unpaired) electrons. The van der Waals surface area contributed by atoms with Crippen LogP contribution in [0.1, 0.15) is 33.7 Å². The van der Waals surface area contributed by atoms with E-state index in [2.05, 4.69) is 4.98 Å². The molecule has 2 heterocycles. The van der Waals surface area contributed by atoms with Gasteiger partial charge in [0.05, 0.1) is 12.1 Å². The van der Waals surface area contributed by atoms with E-state index in [-0.39, 0.29) is 17.6 Å². The highest BCUT2D eigenvalue weighted by Gasteiger charge is 2.30. The summed E-state index contributed by atoms with van der Waals surface area (Å²) >= 11 is 6.41. The van der Waals surface area contributed by atoms with Gasteiger partial charge in [0.2, 0.25) is 0 Å². The van der Waals surface area contributed by atoms with Gasteiger partial charge in [-0.3, -0.25) is 9.59 Å². The average molecular weight is 397 g/mol. The Bertz CT molecular complexity index is 1020. The van der Waals surface area contributed by atoms with Crippen molar-refractivity contribution in [3.8, 4) is 5.75 Å². The number of likely N-dealkylation sites (tertiary alicyclic amines) is 1. The fraction of sp³-hybridized carbons (Fsp3) is 0.273. The number of carbonyl (C=O) groups is 2. The van der Waals surface area contributed by atoms with Crippen LogP contribution in [-0.2, 0) is 0 Å². The van der Waals surface area contributed by atoms with Gasteiger partial charge in [0.25, 0.3) is 5.91 Å². The Morgan fingerprint density at radius 2 is 1.75 bits per heavy atom. The molecule has 1 aliphatic rings. The number of nitrogens with one attached hydrogen (secondary N) is 1. The number of para-hydroxylation sites is 1. The van der Waals surface area contributed by atoms with Crippen LogP contribution in [0.5, 0.6) is 5.75 Å². The molecule has 0 unspecified atom stereocenters. The van der Waals surface area contributed by atoms with Crippen molar-refractivity contribution in [2.75, 3.05) is 20.2 Å². The van der Waals surface area contributed by atoms with Crippen molar-refractivity contribution >= 4 is 34.2 Å². The summed E-state index contributed by atoms with van der Waals surface area (Å²) in [4.78, 5) is 30.6. The summed E-state index contributed by atoms with van der Waals surface area (Å²) in [7, 11) is 1.60. The molecule has 1 saturated heterocycles. The summed E-state index contributed by atoms with van der Waals surface area (Å²) in [6, 6.07) is 14.8. The number of fused-ring (bicyclic) bond motifs is 1. The lowest BCUT2D eigenvalue weighted by atomic mass is 9.89. The number of hydrogen-bond acceptors (Lipinski definition) is 3. The quantitative estimate of drug-likeness (QED) is 0.657. The first-order chi connectivity index (χ1) is 13.6. The first-order valence-electron chi connectivity index (χ1n) is 9.32. The number of piperidine rings is 1. The Labute approximate surface area is 168 Å². The van der Waals surface area contributed by atoms with E-state index in [1.165, 1.54) is 0 Å². The van der Waals surface area contributed by atoms with Crippen LogP contribution in [0.2, 0.25) is 5.02 Å². The molecule has 0 spiro atoms. The number of aromatic amines is 1. The van der Waals surface area contributed by atoms with Crippen molar-refractivity contribution < 1.29 is 14.3 Å². The van der Waals surface area contributed by atoms with Crippen LogP contribution >= 0.6 is 11.6 Å². The van der Waals surface area contributed by atoms with E-state index in [0.717, 1.165) is 16.7 Å². The van der Waals surface area contributed by atoms with Gasteiger partial charge < -0.3 is 14.6 Å². The van der Waals surface area contributed by atoms with Gasteiger partial charge in [-0.15, -0.1) is 0 Å². The normalized spacial score (nSPS) is 15.0. The number of aromatic nitrogens is 1. The van der Waals surface area contributed by atoms with Gasteiger partial charge in [0.1, 0.15) is 11.4 Å². The predicted molar refractivity (Wildman–Crippen MR) is 109 cm³/mol. The Morgan fingerprint density at radius 1 is 1.07 bits per heavy atom. The summed E-state index contributed by atoms with van der Waals surface area (Å²) in [6.45, 7) is 1.08. The molecule has 4 rings (SSSR count). The molecule has 6 heteroatoms. The van der Waals surface area contributed by atoms with Crippen molar-refractivity contribution in [1.82, 2.24) is 9.88 Å². The molecule has 144 valence electrons. The standard InChI is InChI=1S/C22H21ClN2O3/c1-28-16-8-6-14(7-9-16)21(26)15-10-12-25(13-11-15)22(27)20-19(23)17-4-2-3-5-18(17)24-20/h2-9,15,24H,10-13H2,1H3. The molecule has 1 N–H and O–H groups in total. The summed E-state index contributed by atoms with van der Waals surface area (Å²) in [5.41, 5.74) is 1.95. The van der Waals surface area contributed by atoms with Crippen LogP contribution in [0.25, 0.3) is 10.9 Å². The van der Waals surface area contributed by atoms with Crippen LogP contribution in [0.15, 0.2) is 48.5 Å². The number of rotatable bonds is 4. The van der Waals surface area contributed by atoms with Crippen LogP contribution in [-0.4, -0.2) is 41.8 Å². The largest absolute Gasteiger partial charge is 0.497 e. The average Bonchev–Trinajstić information content (AvgIpc) is 3.09. The Morgan fingerprint density at radius 3 is 2.39 bits per heavy atom. The zero-order chi connectivity index (χ0) is 19.7. The van der Waals surface area contributed by atoms with Crippen molar-refractivity contribution in [3.63, 3.8) is 0 Å². The van der Waals surface area contributed by atoms with Crippen LogP contribution < -0.4 is 4.74 Å². The lowest BCUT2D eigenvalue weighted by Gasteiger charge is -2.31. The number of H-pyrrole nitrogens is 1. The van der Waals surface area contributed by atoms with E-state index in [1.54, 1.807) is 36.3 Å². The third-order valence-corrected chi connectivity index (χ3v) is 5.78. The molecule has 0 bridgehead atoms. The maximum absolute atomic E-state index is 12.9. The second-order valence-corrected chi connectivity index (χ2v) is 7.40. The monoisotopic (exact) mass is 396 g/mol. The molecule has 2 aromatic carbocycles. The molecule has 1 aliphatic heterocycles. The second kappa shape index (κ2) is 7.68. The maximum atomic E-state index is 12.9. The van der Waals surface area contributed by atoms with Crippen molar-refractivity contribution in [2.45, 2.75) is 12.8 Å². The zero-order valence-electron chi connectivity index (χ0n) is 15.6. The van der Waals surface area contributed by atoms with E-state index >= 15 is 0 Å². The lowest BCUT2D eigenvalue weighted by molar-refractivity contribution is 0.0646. The highest BCUT2D eigenvalue weighted by atomic mass is 35.5. The van der Waals surface area contributed by atoms with E-state index in [4.69, 9.17) is 16.3 Å². The molecule has 1 amide bonds. The van der Waals surface area contributed by atoms with E-state index in [9.17, 15) is 9.59 Å². The maximum Gasteiger partial charge on any atom is 0.271 e. The van der Waals surface area contributed by atoms with Gasteiger partial charge in [-0.25, -0.2) is 0 Å². The highest BCUT2D eigenvalue weighted by Crippen LogP contribution is 2.30. The lowest BCUT2D eigenvalue weighted by Crippen LogP contribution is -2.40. The first kappa shape index (κ1) is 18.6. The van der Waals surface area contributed by atoms with Crippen molar-refractivity contribution in [1.29, 1.82) is 0 Å². The van der Waals surface area contributed by atoms with Crippen LogP contribution in [0.4, 0.5) is 0 Å². The third-order valence-electron chi connectivity index (χ3n) is 5.38. The molecule has 28 heavy (non-hydrogen) atoms. The van der Waals surface area contributed by atoms with Gasteiger partial charge in [0, 0.05) is 35.5 Å². The summed E-state index contributed by atoms with van der Waals surface area (Å²) in [5.74, 6) is 0.665. The number of Topliss-reactive ketones (excluding diaryl/α,β-unsaturated/α-hetero) is 1. The van der Waals surface area contributed by atoms with Crippen molar-refractivity contribution in [3.05, 3.63) is 64.8 Å². The molecular formula is C22H21ClN2O3. The van der Waals surface area contributed by atoms with Gasteiger partial charge in [-0.2, -0.15) is 0 Å². The van der Waals surface area contributed by atoms with E-state index in [1.807, 2.05) is 24.3 Å². The summed E-state index contributed by atoms with van der Waals surface area (Å²) in [5, 5.41) is 1.30. The Hall–Kier alpha value is -2.79. The van der Waals surface area contributed by atoms with Gasteiger partial charge in [-0.1, -0.05) is 29.8 Å². The number of hydrogen-bond donors (Lipinski definition) is 1. The number of nitrogens with zero attached hydrogens (tertiary/aromatic N) is 1. The van der Waals surface area contributed by atoms with Gasteiger partial charge in [-0.05, 0) is 43.2 Å². The van der Waals surface area contributed by atoms with Crippen LogP contribution in [0, 0.1) is 5.92 Å².